The Balaban J connectivity index is 1.23. The molecule has 1 aromatic heterocycles. The second-order valence-electron chi connectivity index (χ2n) is 14.1. The molecule has 10 rings (SSSR count). The minimum absolute atomic E-state index is 1.08. The Hall–Kier alpha value is -7.42. The first-order valence-electron chi connectivity index (χ1n) is 19.2. The standard InChI is InChI=1S/C54H38N2/c1-5-17-39(18-6-1)41-29-32-45(33-30-41)55(53-36-31-44(40-19-7-2-8-20-40)37-50(53)43-23-11-4-12-24-43)46-34-35-49-48-26-14-16-28-52(48)56(54(49)38-46)51-27-15-13-25-47(51)42-21-9-3-10-22-42/h1-38H. The summed E-state index contributed by atoms with van der Waals surface area (Å²) in [7, 11) is 0. The predicted octanol–water partition coefficient (Wildman–Crippen LogP) is 14.9. The summed E-state index contributed by atoms with van der Waals surface area (Å²) in [6.07, 6.45) is 0. The lowest BCUT2D eigenvalue weighted by Crippen LogP contribution is -2.11. The summed E-state index contributed by atoms with van der Waals surface area (Å²) in [6, 6.07) is 83.1. The fourth-order valence-electron chi connectivity index (χ4n) is 8.14. The van der Waals surface area contributed by atoms with E-state index in [-0.39, 0.29) is 0 Å². The molecule has 56 heavy (non-hydrogen) atoms. The molecule has 2 heteroatoms. The van der Waals surface area contributed by atoms with Crippen LogP contribution in [0.1, 0.15) is 0 Å². The summed E-state index contributed by atoms with van der Waals surface area (Å²) in [4.78, 5) is 2.43. The Morgan fingerprint density at radius 1 is 0.286 bits per heavy atom. The Bertz CT molecular complexity index is 2930. The lowest BCUT2D eigenvalue weighted by Gasteiger charge is -2.29. The van der Waals surface area contributed by atoms with Crippen LogP contribution in [-0.2, 0) is 0 Å². The van der Waals surface area contributed by atoms with Crippen molar-refractivity contribution >= 4 is 38.9 Å². The fraction of sp³-hybridized carbons (Fsp3) is 0. The van der Waals surface area contributed by atoms with Gasteiger partial charge >= 0.3 is 0 Å². The van der Waals surface area contributed by atoms with Crippen molar-refractivity contribution in [3.05, 3.63) is 231 Å². The van der Waals surface area contributed by atoms with E-state index in [0.29, 0.717) is 0 Å². The molecular formula is C54H38N2. The minimum atomic E-state index is 1.08. The number of anilines is 3. The van der Waals surface area contributed by atoms with Crippen molar-refractivity contribution in [1.82, 2.24) is 4.57 Å². The largest absolute Gasteiger partial charge is 0.310 e. The second-order valence-corrected chi connectivity index (χ2v) is 14.1. The van der Waals surface area contributed by atoms with Gasteiger partial charge in [-0.2, -0.15) is 0 Å². The lowest BCUT2D eigenvalue weighted by molar-refractivity contribution is 1.18. The van der Waals surface area contributed by atoms with E-state index < -0.39 is 0 Å². The molecule has 10 aromatic rings. The van der Waals surface area contributed by atoms with E-state index in [1.165, 1.54) is 49.7 Å². The third-order valence-corrected chi connectivity index (χ3v) is 10.8. The van der Waals surface area contributed by atoms with Crippen LogP contribution in [0.3, 0.4) is 0 Å². The van der Waals surface area contributed by atoms with Crippen molar-refractivity contribution in [1.29, 1.82) is 0 Å². The molecule has 1 heterocycles. The highest BCUT2D eigenvalue weighted by Gasteiger charge is 2.22. The van der Waals surface area contributed by atoms with Gasteiger partial charge in [-0.3, -0.25) is 0 Å². The number of hydrogen-bond acceptors (Lipinski definition) is 1. The molecule has 0 spiro atoms. The van der Waals surface area contributed by atoms with Crippen LogP contribution in [0.25, 0.3) is 72.0 Å². The molecule has 0 fully saturated rings. The van der Waals surface area contributed by atoms with E-state index >= 15 is 0 Å². The van der Waals surface area contributed by atoms with Crippen molar-refractivity contribution in [3.63, 3.8) is 0 Å². The molecule has 0 radical (unpaired) electrons. The van der Waals surface area contributed by atoms with E-state index in [0.717, 1.165) is 39.4 Å². The molecule has 9 aromatic carbocycles. The Kier molecular flexibility index (Phi) is 8.55. The molecule has 2 nitrogen and oxygen atoms in total. The molecule has 264 valence electrons. The van der Waals surface area contributed by atoms with Crippen molar-refractivity contribution in [2.45, 2.75) is 0 Å². The van der Waals surface area contributed by atoms with Crippen molar-refractivity contribution in [3.8, 4) is 50.2 Å². The predicted molar refractivity (Wildman–Crippen MR) is 237 cm³/mol. The van der Waals surface area contributed by atoms with Gasteiger partial charge in [0.1, 0.15) is 0 Å². The van der Waals surface area contributed by atoms with Gasteiger partial charge in [0.25, 0.3) is 0 Å². The van der Waals surface area contributed by atoms with Crippen LogP contribution < -0.4 is 4.90 Å². The number of aromatic nitrogens is 1. The van der Waals surface area contributed by atoms with Crippen LogP contribution in [0.2, 0.25) is 0 Å². The van der Waals surface area contributed by atoms with Gasteiger partial charge in [-0.15, -0.1) is 0 Å². The van der Waals surface area contributed by atoms with Gasteiger partial charge in [0.2, 0.25) is 0 Å². The molecule has 0 aliphatic heterocycles. The quantitative estimate of drug-likeness (QED) is 0.152. The third kappa shape index (κ3) is 6.04. The first-order chi connectivity index (χ1) is 27.8. The highest BCUT2D eigenvalue weighted by Crippen LogP contribution is 2.45. The number of hydrogen-bond donors (Lipinski definition) is 0. The first-order valence-corrected chi connectivity index (χ1v) is 19.2. The molecule has 0 aliphatic rings. The minimum Gasteiger partial charge on any atom is -0.310 e. The summed E-state index contributed by atoms with van der Waals surface area (Å²) >= 11 is 0. The summed E-state index contributed by atoms with van der Waals surface area (Å²) < 4.78 is 2.45. The Labute approximate surface area is 327 Å². The number of fused-ring (bicyclic) bond motifs is 3. The molecule has 0 saturated carbocycles. The molecule has 0 amide bonds. The number of para-hydroxylation sites is 2. The lowest BCUT2D eigenvalue weighted by atomic mass is 9.96. The van der Waals surface area contributed by atoms with Crippen LogP contribution in [0.5, 0.6) is 0 Å². The van der Waals surface area contributed by atoms with E-state index in [9.17, 15) is 0 Å². The van der Waals surface area contributed by atoms with Crippen LogP contribution in [0, 0.1) is 0 Å². The van der Waals surface area contributed by atoms with Gasteiger partial charge in [-0.25, -0.2) is 0 Å². The highest BCUT2D eigenvalue weighted by atomic mass is 15.1. The van der Waals surface area contributed by atoms with Crippen molar-refractivity contribution in [2.75, 3.05) is 4.90 Å². The van der Waals surface area contributed by atoms with Crippen LogP contribution in [-0.4, -0.2) is 4.57 Å². The highest BCUT2D eigenvalue weighted by molar-refractivity contribution is 6.11. The number of benzene rings is 9. The van der Waals surface area contributed by atoms with Crippen molar-refractivity contribution in [2.24, 2.45) is 0 Å². The zero-order valence-electron chi connectivity index (χ0n) is 30.8. The van der Waals surface area contributed by atoms with Gasteiger partial charge in [0.15, 0.2) is 0 Å². The Morgan fingerprint density at radius 2 is 0.768 bits per heavy atom. The SMILES string of the molecule is c1ccc(-c2ccc(N(c3ccc4c5ccccc5n(-c5ccccc5-c5ccccc5)c4c3)c3ccc(-c4ccccc4)cc3-c3ccccc3)cc2)cc1. The Morgan fingerprint density at radius 3 is 1.45 bits per heavy atom. The maximum absolute atomic E-state index is 2.45. The zero-order valence-corrected chi connectivity index (χ0v) is 30.8. The average molecular weight is 715 g/mol. The summed E-state index contributed by atoms with van der Waals surface area (Å²) in [5.41, 5.74) is 16.2. The number of rotatable bonds is 8. The third-order valence-electron chi connectivity index (χ3n) is 10.8. The maximum atomic E-state index is 2.45. The molecule has 0 unspecified atom stereocenters. The van der Waals surface area contributed by atoms with E-state index in [2.05, 4.69) is 240 Å². The zero-order chi connectivity index (χ0) is 37.3. The van der Waals surface area contributed by atoms with Crippen LogP contribution in [0.4, 0.5) is 17.1 Å². The molecule has 0 aliphatic carbocycles. The second kappa shape index (κ2) is 14.4. The van der Waals surface area contributed by atoms with Crippen molar-refractivity contribution < 1.29 is 0 Å². The topological polar surface area (TPSA) is 8.17 Å². The van der Waals surface area contributed by atoms with E-state index in [1.807, 2.05) is 0 Å². The van der Waals surface area contributed by atoms with Crippen LogP contribution >= 0.6 is 0 Å². The molecule has 0 saturated heterocycles. The summed E-state index contributed by atoms with van der Waals surface area (Å²) in [5, 5.41) is 2.45. The van der Waals surface area contributed by atoms with Gasteiger partial charge in [-0.1, -0.05) is 182 Å². The van der Waals surface area contributed by atoms with Gasteiger partial charge < -0.3 is 9.47 Å². The number of nitrogens with zero attached hydrogens (tertiary/aromatic N) is 2. The summed E-state index contributed by atoms with van der Waals surface area (Å²) in [6.45, 7) is 0. The maximum Gasteiger partial charge on any atom is 0.0562 e. The van der Waals surface area contributed by atoms with E-state index in [1.54, 1.807) is 0 Å². The van der Waals surface area contributed by atoms with Gasteiger partial charge in [0, 0.05) is 33.3 Å². The average Bonchev–Trinajstić information content (AvgIpc) is 3.61. The van der Waals surface area contributed by atoms with Crippen LogP contribution in [0.15, 0.2) is 231 Å². The van der Waals surface area contributed by atoms with E-state index in [4.69, 9.17) is 0 Å². The fourth-order valence-corrected chi connectivity index (χ4v) is 8.14. The monoisotopic (exact) mass is 714 g/mol. The first kappa shape index (κ1) is 33.2. The smallest absolute Gasteiger partial charge is 0.0562 e. The van der Waals surface area contributed by atoms with Gasteiger partial charge in [-0.05, 0) is 81.9 Å². The summed E-state index contributed by atoms with van der Waals surface area (Å²) in [5.74, 6) is 0. The normalized spacial score (nSPS) is 11.2. The van der Waals surface area contributed by atoms with Gasteiger partial charge in [0.05, 0.1) is 22.4 Å². The molecule has 0 bridgehead atoms. The molecular weight excluding hydrogens is 677 g/mol. The molecule has 0 atom stereocenters. The molecule has 0 N–H and O–H groups in total.